The summed E-state index contributed by atoms with van der Waals surface area (Å²) in [5.74, 6) is 0.288. The highest BCUT2D eigenvalue weighted by Gasteiger charge is 2.27. The number of aromatic nitrogens is 2. The molecule has 0 atom stereocenters. The number of hydrogen-bond donors (Lipinski definition) is 2. The number of halogens is 4. The number of alkyl halides is 3. The lowest BCUT2D eigenvalue weighted by molar-refractivity contribution is -0.115. The standard InChI is InChI=1S/C17H20ClF3N4/c1-9(2)13-4-10(3)14(18)6-11(13)5-12-7-23-16(25-15(12)22)24-8-17(19,20)21/h4,6-7,9H,5,8H2,1-3H3,(H3,22,23,24,25). The lowest BCUT2D eigenvalue weighted by Gasteiger charge is -2.16. The van der Waals surface area contributed by atoms with E-state index in [1.165, 1.54) is 6.20 Å². The van der Waals surface area contributed by atoms with E-state index in [0.29, 0.717) is 22.9 Å². The van der Waals surface area contributed by atoms with E-state index in [1.54, 1.807) is 0 Å². The van der Waals surface area contributed by atoms with Crippen LogP contribution in [0.5, 0.6) is 0 Å². The molecule has 1 aromatic carbocycles. The van der Waals surface area contributed by atoms with Gasteiger partial charge in [0, 0.05) is 23.2 Å². The van der Waals surface area contributed by atoms with Gasteiger partial charge in [0.05, 0.1) is 0 Å². The third-order valence-corrected chi connectivity index (χ3v) is 4.18. The highest BCUT2D eigenvalue weighted by molar-refractivity contribution is 6.31. The van der Waals surface area contributed by atoms with Crippen LogP contribution in [-0.4, -0.2) is 22.7 Å². The molecule has 0 aliphatic heterocycles. The van der Waals surface area contributed by atoms with Crippen molar-refractivity contribution in [1.82, 2.24) is 9.97 Å². The van der Waals surface area contributed by atoms with E-state index in [9.17, 15) is 13.2 Å². The van der Waals surface area contributed by atoms with E-state index in [-0.39, 0.29) is 11.8 Å². The van der Waals surface area contributed by atoms with Gasteiger partial charge in [0.2, 0.25) is 5.95 Å². The molecular weight excluding hydrogens is 353 g/mol. The molecule has 0 spiro atoms. The molecule has 1 aromatic heterocycles. The van der Waals surface area contributed by atoms with Crippen LogP contribution in [0.15, 0.2) is 18.3 Å². The maximum Gasteiger partial charge on any atom is 0.405 e. The average molecular weight is 373 g/mol. The molecule has 0 unspecified atom stereocenters. The van der Waals surface area contributed by atoms with Crippen LogP contribution in [0, 0.1) is 6.92 Å². The summed E-state index contributed by atoms with van der Waals surface area (Å²) in [6.45, 7) is 4.89. The lowest BCUT2D eigenvalue weighted by Crippen LogP contribution is -2.22. The van der Waals surface area contributed by atoms with Crippen molar-refractivity contribution in [3.8, 4) is 0 Å². The minimum absolute atomic E-state index is 0.145. The molecule has 0 saturated heterocycles. The Morgan fingerprint density at radius 1 is 1.24 bits per heavy atom. The topological polar surface area (TPSA) is 63.8 Å². The van der Waals surface area contributed by atoms with Crippen LogP contribution in [-0.2, 0) is 6.42 Å². The van der Waals surface area contributed by atoms with Crippen LogP contribution in [0.1, 0.15) is 42.0 Å². The monoisotopic (exact) mass is 372 g/mol. The normalized spacial score (nSPS) is 11.8. The number of nitrogen functional groups attached to an aromatic ring is 1. The van der Waals surface area contributed by atoms with Crippen molar-refractivity contribution in [2.24, 2.45) is 0 Å². The summed E-state index contributed by atoms with van der Waals surface area (Å²) in [6.07, 6.45) is -2.45. The molecule has 3 N–H and O–H groups in total. The molecule has 0 amide bonds. The molecule has 8 heteroatoms. The molecule has 2 aromatic rings. The largest absolute Gasteiger partial charge is 0.405 e. The zero-order valence-corrected chi connectivity index (χ0v) is 15.0. The first-order valence-corrected chi connectivity index (χ1v) is 8.15. The Balaban J connectivity index is 2.25. The molecular formula is C17H20ClF3N4. The molecule has 25 heavy (non-hydrogen) atoms. The minimum Gasteiger partial charge on any atom is -0.383 e. The second kappa shape index (κ2) is 7.47. The van der Waals surface area contributed by atoms with Gasteiger partial charge in [0.1, 0.15) is 12.4 Å². The fourth-order valence-corrected chi connectivity index (χ4v) is 2.65. The smallest absolute Gasteiger partial charge is 0.383 e. The zero-order chi connectivity index (χ0) is 18.8. The maximum atomic E-state index is 12.2. The van der Waals surface area contributed by atoms with Crippen LogP contribution in [0.4, 0.5) is 24.9 Å². The fourth-order valence-electron chi connectivity index (χ4n) is 2.46. The first-order chi connectivity index (χ1) is 11.6. The number of hydrogen-bond acceptors (Lipinski definition) is 4. The number of aryl methyl sites for hydroxylation is 1. The predicted octanol–water partition coefficient (Wildman–Crippen LogP) is 4.71. The number of nitrogens with one attached hydrogen (secondary N) is 1. The van der Waals surface area contributed by atoms with Crippen molar-refractivity contribution >= 4 is 23.4 Å². The Hall–Kier alpha value is -2.02. The quantitative estimate of drug-likeness (QED) is 0.797. The number of anilines is 2. The van der Waals surface area contributed by atoms with Crippen molar-refractivity contribution in [3.63, 3.8) is 0 Å². The van der Waals surface area contributed by atoms with Crippen LogP contribution in [0.3, 0.4) is 0 Å². The Bertz CT molecular complexity index is 760. The summed E-state index contributed by atoms with van der Waals surface area (Å²) >= 11 is 6.23. The molecule has 0 saturated carbocycles. The van der Waals surface area contributed by atoms with Gasteiger partial charge in [-0.1, -0.05) is 31.5 Å². The van der Waals surface area contributed by atoms with Crippen molar-refractivity contribution in [2.45, 2.75) is 39.3 Å². The summed E-state index contributed by atoms with van der Waals surface area (Å²) in [5.41, 5.74) is 9.66. The third-order valence-electron chi connectivity index (χ3n) is 3.77. The number of nitrogens with zero attached hydrogens (tertiary/aromatic N) is 2. The van der Waals surface area contributed by atoms with Crippen LogP contribution in [0.2, 0.25) is 5.02 Å². The summed E-state index contributed by atoms with van der Waals surface area (Å²) in [7, 11) is 0. The first-order valence-electron chi connectivity index (χ1n) is 7.77. The maximum absolute atomic E-state index is 12.2. The second-order valence-electron chi connectivity index (χ2n) is 6.20. The molecule has 0 bridgehead atoms. The van der Waals surface area contributed by atoms with Crippen molar-refractivity contribution in [1.29, 1.82) is 0 Å². The number of rotatable bonds is 5. The van der Waals surface area contributed by atoms with Gasteiger partial charge in [-0.2, -0.15) is 18.2 Å². The Labute approximate surface area is 149 Å². The molecule has 2 rings (SSSR count). The first kappa shape index (κ1) is 19.3. The lowest BCUT2D eigenvalue weighted by atomic mass is 9.92. The molecule has 0 aliphatic rings. The third kappa shape index (κ3) is 5.22. The van der Waals surface area contributed by atoms with E-state index in [1.807, 2.05) is 19.1 Å². The molecule has 0 fully saturated rings. The molecule has 0 radical (unpaired) electrons. The van der Waals surface area contributed by atoms with Gasteiger partial charge in [-0.3, -0.25) is 0 Å². The predicted molar refractivity (Wildman–Crippen MR) is 94.1 cm³/mol. The van der Waals surface area contributed by atoms with Gasteiger partial charge in [-0.25, -0.2) is 4.98 Å². The van der Waals surface area contributed by atoms with E-state index < -0.39 is 12.7 Å². The molecule has 136 valence electrons. The highest BCUT2D eigenvalue weighted by Crippen LogP contribution is 2.29. The number of nitrogens with two attached hydrogens (primary N) is 1. The van der Waals surface area contributed by atoms with E-state index in [2.05, 4.69) is 29.1 Å². The van der Waals surface area contributed by atoms with E-state index in [0.717, 1.165) is 16.7 Å². The van der Waals surface area contributed by atoms with E-state index >= 15 is 0 Å². The van der Waals surface area contributed by atoms with Crippen molar-refractivity contribution in [2.75, 3.05) is 17.6 Å². The molecule has 1 heterocycles. The zero-order valence-electron chi connectivity index (χ0n) is 14.2. The van der Waals surface area contributed by atoms with Gasteiger partial charge in [-0.05, 0) is 35.6 Å². The summed E-state index contributed by atoms with van der Waals surface area (Å²) in [5, 5.41) is 2.77. The van der Waals surface area contributed by atoms with Crippen LogP contribution < -0.4 is 11.1 Å². The molecule has 4 nitrogen and oxygen atoms in total. The number of benzene rings is 1. The Morgan fingerprint density at radius 3 is 2.48 bits per heavy atom. The van der Waals surface area contributed by atoms with Gasteiger partial charge in [0.25, 0.3) is 0 Å². The summed E-state index contributed by atoms with van der Waals surface area (Å²) in [4.78, 5) is 7.83. The van der Waals surface area contributed by atoms with Crippen molar-refractivity contribution < 1.29 is 13.2 Å². The SMILES string of the molecule is Cc1cc(C(C)C)c(Cc2cnc(NCC(F)(F)F)nc2N)cc1Cl. The Kier molecular flexibility index (Phi) is 5.77. The van der Waals surface area contributed by atoms with Gasteiger partial charge >= 0.3 is 6.18 Å². The van der Waals surface area contributed by atoms with Gasteiger partial charge in [-0.15, -0.1) is 0 Å². The summed E-state index contributed by atoms with van der Waals surface area (Å²) < 4.78 is 36.7. The van der Waals surface area contributed by atoms with Crippen LogP contribution in [0.25, 0.3) is 0 Å². The fraction of sp³-hybridized carbons (Fsp3) is 0.412. The second-order valence-corrected chi connectivity index (χ2v) is 6.61. The average Bonchev–Trinajstić information content (AvgIpc) is 2.50. The van der Waals surface area contributed by atoms with Gasteiger partial charge in [0.15, 0.2) is 0 Å². The van der Waals surface area contributed by atoms with Gasteiger partial charge < -0.3 is 11.1 Å². The van der Waals surface area contributed by atoms with E-state index in [4.69, 9.17) is 17.3 Å². The summed E-state index contributed by atoms with van der Waals surface area (Å²) in [6, 6.07) is 3.93. The van der Waals surface area contributed by atoms with Crippen LogP contribution >= 0.6 is 11.6 Å². The minimum atomic E-state index is -4.35. The Morgan fingerprint density at radius 2 is 1.92 bits per heavy atom. The molecule has 0 aliphatic carbocycles. The van der Waals surface area contributed by atoms with Crippen molar-refractivity contribution in [3.05, 3.63) is 45.6 Å². The highest BCUT2D eigenvalue weighted by atomic mass is 35.5.